The lowest BCUT2D eigenvalue weighted by molar-refractivity contribution is -0.129. The van der Waals surface area contributed by atoms with E-state index in [4.69, 9.17) is 0 Å². The second-order valence-corrected chi connectivity index (χ2v) is 3.23. The molecule has 0 bridgehead atoms. The van der Waals surface area contributed by atoms with Crippen molar-refractivity contribution in [2.75, 3.05) is 13.6 Å². The highest BCUT2D eigenvalue weighted by atomic mass is 16.2. The summed E-state index contributed by atoms with van der Waals surface area (Å²) >= 11 is 0. The van der Waals surface area contributed by atoms with E-state index in [0.29, 0.717) is 6.42 Å². The number of rotatable bonds is 1. The fourth-order valence-electron chi connectivity index (χ4n) is 1.35. The molecule has 1 heterocycles. The van der Waals surface area contributed by atoms with Gasteiger partial charge in [0.2, 0.25) is 5.91 Å². The molecule has 0 aromatic carbocycles. The third-order valence-electron chi connectivity index (χ3n) is 2.17. The number of carbonyl (C=O) groups is 1. The van der Waals surface area contributed by atoms with Crippen LogP contribution in [-0.2, 0) is 4.79 Å². The van der Waals surface area contributed by atoms with Crippen LogP contribution in [-0.4, -0.2) is 24.4 Å². The molecule has 0 fully saturated rings. The van der Waals surface area contributed by atoms with Crippen LogP contribution in [0.4, 0.5) is 0 Å². The number of allylic oxidation sites excluding steroid dienone is 1. The summed E-state index contributed by atoms with van der Waals surface area (Å²) in [5.74, 6) is 0.223. The molecule has 1 aliphatic rings. The van der Waals surface area contributed by atoms with Crippen LogP contribution >= 0.6 is 0 Å². The van der Waals surface area contributed by atoms with Crippen LogP contribution in [0.1, 0.15) is 20.3 Å². The standard InChI is InChI=1S/C10H15NO/c1-4-5-9-7-11(3)10(12)6-8(9)2/h4-5H,6-7H2,1-3H3/b5-4-. The highest BCUT2D eigenvalue weighted by Crippen LogP contribution is 2.17. The number of amides is 1. The summed E-state index contributed by atoms with van der Waals surface area (Å²) < 4.78 is 0. The molecule has 0 spiro atoms. The minimum Gasteiger partial charge on any atom is -0.341 e. The Morgan fingerprint density at radius 3 is 2.75 bits per heavy atom. The zero-order valence-electron chi connectivity index (χ0n) is 7.92. The fraction of sp³-hybridized carbons (Fsp3) is 0.500. The number of nitrogens with zero attached hydrogens (tertiary/aromatic N) is 1. The average molecular weight is 165 g/mol. The molecule has 0 radical (unpaired) electrons. The molecule has 0 N–H and O–H groups in total. The van der Waals surface area contributed by atoms with Crippen molar-refractivity contribution in [2.24, 2.45) is 0 Å². The van der Waals surface area contributed by atoms with Gasteiger partial charge in [-0.15, -0.1) is 0 Å². The Morgan fingerprint density at radius 1 is 1.50 bits per heavy atom. The third kappa shape index (κ3) is 1.76. The predicted octanol–water partition coefficient (Wildman–Crippen LogP) is 1.74. The van der Waals surface area contributed by atoms with Crippen molar-refractivity contribution in [1.29, 1.82) is 0 Å². The molecule has 12 heavy (non-hydrogen) atoms. The largest absolute Gasteiger partial charge is 0.341 e. The maximum absolute atomic E-state index is 11.2. The molecule has 1 amide bonds. The van der Waals surface area contributed by atoms with Gasteiger partial charge in [0.1, 0.15) is 0 Å². The quantitative estimate of drug-likeness (QED) is 0.579. The second kappa shape index (κ2) is 3.57. The Kier molecular flexibility index (Phi) is 2.69. The van der Waals surface area contributed by atoms with Gasteiger partial charge in [-0.3, -0.25) is 4.79 Å². The topological polar surface area (TPSA) is 20.3 Å². The average Bonchev–Trinajstić information content (AvgIpc) is 2.01. The number of hydrogen-bond donors (Lipinski definition) is 0. The van der Waals surface area contributed by atoms with Gasteiger partial charge in [-0.2, -0.15) is 0 Å². The van der Waals surface area contributed by atoms with Gasteiger partial charge in [0.15, 0.2) is 0 Å². The lowest BCUT2D eigenvalue weighted by atomic mass is 10.0. The van der Waals surface area contributed by atoms with Crippen molar-refractivity contribution in [3.05, 3.63) is 23.3 Å². The monoisotopic (exact) mass is 165 g/mol. The Hall–Kier alpha value is -1.05. The van der Waals surface area contributed by atoms with Gasteiger partial charge in [0.25, 0.3) is 0 Å². The molecule has 2 nitrogen and oxygen atoms in total. The van der Waals surface area contributed by atoms with Crippen LogP contribution in [0.25, 0.3) is 0 Å². The van der Waals surface area contributed by atoms with Gasteiger partial charge in [-0.25, -0.2) is 0 Å². The van der Waals surface area contributed by atoms with Gasteiger partial charge >= 0.3 is 0 Å². The summed E-state index contributed by atoms with van der Waals surface area (Å²) in [5.41, 5.74) is 2.48. The minimum atomic E-state index is 0.223. The van der Waals surface area contributed by atoms with Crippen molar-refractivity contribution < 1.29 is 4.79 Å². The predicted molar refractivity (Wildman–Crippen MR) is 49.8 cm³/mol. The molecule has 0 aromatic heterocycles. The van der Waals surface area contributed by atoms with Crippen LogP contribution in [0, 0.1) is 0 Å². The molecule has 0 aliphatic carbocycles. The molecule has 0 saturated heterocycles. The minimum absolute atomic E-state index is 0.223. The second-order valence-electron chi connectivity index (χ2n) is 3.23. The third-order valence-corrected chi connectivity index (χ3v) is 2.17. The molecule has 0 saturated carbocycles. The van der Waals surface area contributed by atoms with E-state index in [2.05, 4.69) is 6.08 Å². The first kappa shape index (κ1) is 9.04. The van der Waals surface area contributed by atoms with Gasteiger partial charge in [0, 0.05) is 20.0 Å². The number of likely N-dealkylation sites (N-methyl/N-ethyl adjacent to an activating group) is 1. The van der Waals surface area contributed by atoms with E-state index in [1.54, 1.807) is 4.90 Å². The SMILES string of the molecule is C/C=C\C1=C(C)CC(=O)N(C)C1. The van der Waals surface area contributed by atoms with E-state index >= 15 is 0 Å². The van der Waals surface area contributed by atoms with E-state index in [9.17, 15) is 4.79 Å². The Bertz CT molecular complexity index is 251. The number of hydrogen-bond acceptors (Lipinski definition) is 1. The van der Waals surface area contributed by atoms with E-state index in [1.165, 1.54) is 11.1 Å². The van der Waals surface area contributed by atoms with Crippen LogP contribution in [0.3, 0.4) is 0 Å². The lowest BCUT2D eigenvalue weighted by Gasteiger charge is -2.24. The normalized spacial score (nSPS) is 19.6. The smallest absolute Gasteiger partial charge is 0.226 e. The molecule has 0 unspecified atom stereocenters. The highest BCUT2D eigenvalue weighted by Gasteiger charge is 2.17. The maximum atomic E-state index is 11.2. The molecule has 1 aliphatic heterocycles. The zero-order valence-corrected chi connectivity index (χ0v) is 7.92. The zero-order chi connectivity index (χ0) is 9.14. The molecule has 0 aromatic rings. The Labute approximate surface area is 73.6 Å². The van der Waals surface area contributed by atoms with E-state index in [0.717, 1.165) is 6.54 Å². The highest BCUT2D eigenvalue weighted by molar-refractivity contribution is 5.80. The summed E-state index contributed by atoms with van der Waals surface area (Å²) in [4.78, 5) is 13.0. The lowest BCUT2D eigenvalue weighted by Crippen LogP contribution is -2.32. The summed E-state index contributed by atoms with van der Waals surface area (Å²) in [6.07, 6.45) is 4.68. The molecular formula is C10H15NO. The van der Waals surface area contributed by atoms with Crippen molar-refractivity contribution in [1.82, 2.24) is 4.90 Å². The maximum Gasteiger partial charge on any atom is 0.226 e. The van der Waals surface area contributed by atoms with Crippen LogP contribution in [0.2, 0.25) is 0 Å². The van der Waals surface area contributed by atoms with Crippen LogP contribution in [0.5, 0.6) is 0 Å². The Balaban J connectivity index is 2.85. The summed E-state index contributed by atoms with van der Waals surface area (Å²) in [5, 5.41) is 0. The van der Waals surface area contributed by atoms with Crippen molar-refractivity contribution in [3.8, 4) is 0 Å². The van der Waals surface area contributed by atoms with Gasteiger partial charge in [0.05, 0.1) is 0 Å². The summed E-state index contributed by atoms with van der Waals surface area (Å²) in [6.45, 7) is 4.78. The number of carbonyl (C=O) groups excluding carboxylic acids is 1. The van der Waals surface area contributed by atoms with Crippen molar-refractivity contribution in [3.63, 3.8) is 0 Å². The summed E-state index contributed by atoms with van der Waals surface area (Å²) in [6, 6.07) is 0. The first-order chi connectivity index (χ1) is 5.65. The molecular weight excluding hydrogens is 150 g/mol. The molecule has 66 valence electrons. The molecule has 1 rings (SSSR count). The first-order valence-electron chi connectivity index (χ1n) is 4.20. The van der Waals surface area contributed by atoms with E-state index < -0.39 is 0 Å². The summed E-state index contributed by atoms with van der Waals surface area (Å²) in [7, 11) is 1.85. The first-order valence-corrected chi connectivity index (χ1v) is 4.20. The Morgan fingerprint density at radius 2 is 2.17 bits per heavy atom. The molecule has 2 heteroatoms. The van der Waals surface area contributed by atoms with Gasteiger partial charge in [-0.05, 0) is 19.4 Å². The van der Waals surface area contributed by atoms with Crippen molar-refractivity contribution in [2.45, 2.75) is 20.3 Å². The van der Waals surface area contributed by atoms with Gasteiger partial charge in [-0.1, -0.05) is 17.7 Å². The van der Waals surface area contributed by atoms with E-state index in [1.807, 2.05) is 27.0 Å². The van der Waals surface area contributed by atoms with Crippen LogP contribution in [0.15, 0.2) is 23.3 Å². The van der Waals surface area contributed by atoms with E-state index in [-0.39, 0.29) is 5.91 Å². The van der Waals surface area contributed by atoms with Crippen LogP contribution < -0.4 is 0 Å². The molecule has 0 atom stereocenters. The van der Waals surface area contributed by atoms with Gasteiger partial charge < -0.3 is 4.90 Å². The fourth-order valence-corrected chi connectivity index (χ4v) is 1.35. The van der Waals surface area contributed by atoms with Crippen molar-refractivity contribution >= 4 is 5.91 Å².